The van der Waals surface area contributed by atoms with Crippen LogP contribution >= 0.6 is 0 Å². The molecule has 0 heterocycles. The molecule has 1 amide bonds. The van der Waals surface area contributed by atoms with Gasteiger partial charge in [0, 0.05) is 13.0 Å². The molecule has 162 valence electrons. The van der Waals surface area contributed by atoms with E-state index in [1.165, 1.54) is 21.7 Å². The maximum atomic E-state index is 12.6. The largest absolute Gasteiger partial charge is 0.492 e. The van der Waals surface area contributed by atoms with Crippen LogP contribution in [-0.2, 0) is 21.2 Å². The lowest BCUT2D eigenvalue weighted by Crippen LogP contribution is -2.34. The topological polar surface area (TPSA) is 75.7 Å². The number of rotatable bonds is 9. The van der Waals surface area contributed by atoms with Gasteiger partial charge in [0.05, 0.1) is 24.6 Å². The quantitative estimate of drug-likeness (QED) is 0.656. The third kappa shape index (κ3) is 5.53. The number of nitrogens with zero attached hydrogens (tertiary/aromatic N) is 1. The second kappa shape index (κ2) is 9.98. The predicted octanol–water partition coefficient (Wildman–Crippen LogP) is 3.83. The fourth-order valence-electron chi connectivity index (χ4n) is 3.96. The van der Waals surface area contributed by atoms with Crippen LogP contribution < -0.4 is 14.4 Å². The van der Waals surface area contributed by atoms with E-state index in [-0.39, 0.29) is 24.9 Å². The predicted molar refractivity (Wildman–Crippen MR) is 119 cm³/mol. The first kappa shape index (κ1) is 22.2. The van der Waals surface area contributed by atoms with Crippen molar-refractivity contribution in [2.24, 2.45) is 0 Å². The summed E-state index contributed by atoms with van der Waals surface area (Å²) in [5, 5.41) is 3.13. The highest BCUT2D eigenvalue weighted by Gasteiger charge is 2.23. The molecule has 1 aliphatic carbocycles. The molecule has 0 saturated carbocycles. The molecule has 1 N–H and O–H groups in total. The zero-order valence-corrected chi connectivity index (χ0v) is 18.5. The normalized spacial score (nSPS) is 15.9. The van der Waals surface area contributed by atoms with E-state index in [9.17, 15) is 13.2 Å². The highest BCUT2D eigenvalue weighted by molar-refractivity contribution is 7.92. The van der Waals surface area contributed by atoms with Crippen LogP contribution in [0.4, 0.5) is 5.69 Å². The van der Waals surface area contributed by atoms with Crippen molar-refractivity contribution in [1.82, 2.24) is 5.32 Å². The third-order valence-corrected chi connectivity index (χ3v) is 6.48. The number of nitrogens with one attached hydrogen (secondary N) is 1. The lowest BCUT2D eigenvalue weighted by molar-refractivity contribution is -0.122. The Hall–Kier alpha value is -2.54. The molecule has 3 rings (SSSR count). The molecule has 0 radical (unpaired) electrons. The van der Waals surface area contributed by atoms with Crippen LogP contribution in [0, 0.1) is 0 Å². The van der Waals surface area contributed by atoms with Crippen molar-refractivity contribution < 1.29 is 17.9 Å². The van der Waals surface area contributed by atoms with Gasteiger partial charge in [0.2, 0.25) is 15.9 Å². The second-order valence-corrected chi connectivity index (χ2v) is 9.46. The first-order valence-electron chi connectivity index (χ1n) is 10.5. The zero-order valence-electron chi connectivity index (χ0n) is 17.6. The van der Waals surface area contributed by atoms with Crippen molar-refractivity contribution in [3.63, 3.8) is 0 Å². The van der Waals surface area contributed by atoms with Crippen molar-refractivity contribution in [2.75, 3.05) is 23.7 Å². The van der Waals surface area contributed by atoms with Gasteiger partial charge >= 0.3 is 0 Å². The van der Waals surface area contributed by atoms with Crippen LogP contribution in [0.2, 0.25) is 0 Å². The number of para-hydroxylation sites is 2. The number of benzene rings is 2. The first-order chi connectivity index (χ1) is 14.4. The fourth-order valence-corrected chi connectivity index (χ4v) is 4.93. The summed E-state index contributed by atoms with van der Waals surface area (Å²) in [5.74, 6) is 0.469. The van der Waals surface area contributed by atoms with E-state index in [0.29, 0.717) is 24.5 Å². The van der Waals surface area contributed by atoms with E-state index in [1.807, 2.05) is 25.1 Å². The van der Waals surface area contributed by atoms with Crippen LogP contribution in [0.1, 0.15) is 49.8 Å². The van der Waals surface area contributed by atoms with Crippen LogP contribution in [0.5, 0.6) is 5.75 Å². The Bertz CT molecular complexity index is 975. The van der Waals surface area contributed by atoms with Gasteiger partial charge in [-0.15, -0.1) is 0 Å². The third-order valence-electron chi connectivity index (χ3n) is 5.30. The molecule has 1 aliphatic rings. The Morgan fingerprint density at radius 3 is 2.67 bits per heavy atom. The van der Waals surface area contributed by atoms with E-state index in [0.717, 1.165) is 19.3 Å². The lowest BCUT2D eigenvalue weighted by atomic mass is 9.87. The van der Waals surface area contributed by atoms with Gasteiger partial charge in [-0.1, -0.05) is 36.4 Å². The van der Waals surface area contributed by atoms with Crippen LogP contribution in [0.15, 0.2) is 48.5 Å². The summed E-state index contributed by atoms with van der Waals surface area (Å²) in [6, 6.07) is 15.3. The summed E-state index contributed by atoms with van der Waals surface area (Å²) < 4.78 is 31.7. The molecule has 2 aromatic carbocycles. The number of fused-ring (bicyclic) bond motifs is 1. The molecule has 0 spiro atoms. The molecule has 6 nitrogen and oxygen atoms in total. The number of sulfonamides is 1. The summed E-state index contributed by atoms with van der Waals surface area (Å²) in [6.07, 6.45) is 4.90. The zero-order chi connectivity index (χ0) is 21.6. The van der Waals surface area contributed by atoms with Crippen molar-refractivity contribution >= 4 is 21.6 Å². The summed E-state index contributed by atoms with van der Waals surface area (Å²) in [4.78, 5) is 12.6. The molecule has 7 heteroatoms. The Labute approximate surface area is 179 Å². The van der Waals surface area contributed by atoms with E-state index in [1.54, 1.807) is 18.2 Å². The Morgan fingerprint density at radius 2 is 1.90 bits per heavy atom. The van der Waals surface area contributed by atoms with Crippen molar-refractivity contribution in [3.05, 3.63) is 59.7 Å². The molecule has 30 heavy (non-hydrogen) atoms. The van der Waals surface area contributed by atoms with Crippen molar-refractivity contribution in [1.29, 1.82) is 0 Å². The summed E-state index contributed by atoms with van der Waals surface area (Å²) in [5.41, 5.74) is 2.99. The number of hydrogen-bond donors (Lipinski definition) is 1. The van der Waals surface area contributed by atoms with Gasteiger partial charge in [-0.3, -0.25) is 9.10 Å². The molecule has 0 fully saturated rings. The maximum Gasteiger partial charge on any atom is 0.232 e. The van der Waals surface area contributed by atoms with E-state index in [2.05, 4.69) is 17.4 Å². The van der Waals surface area contributed by atoms with Gasteiger partial charge in [0.15, 0.2) is 0 Å². The van der Waals surface area contributed by atoms with E-state index >= 15 is 0 Å². The molecular weight excluding hydrogens is 400 g/mol. The fraction of sp³-hybridized carbons (Fsp3) is 0.435. The smallest absolute Gasteiger partial charge is 0.232 e. The minimum absolute atomic E-state index is 0.0344. The van der Waals surface area contributed by atoms with Crippen LogP contribution in [0.25, 0.3) is 0 Å². The molecule has 0 aliphatic heterocycles. The summed E-state index contributed by atoms with van der Waals surface area (Å²) >= 11 is 0. The van der Waals surface area contributed by atoms with Gasteiger partial charge < -0.3 is 10.1 Å². The average Bonchev–Trinajstić information content (AvgIpc) is 2.72. The molecule has 0 aromatic heterocycles. The lowest BCUT2D eigenvalue weighted by Gasteiger charge is -2.27. The highest BCUT2D eigenvalue weighted by Crippen LogP contribution is 2.31. The SMILES string of the molecule is CCOc1ccccc1N(CCCC(=O)NC1CCCc2ccccc21)S(C)(=O)=O. The van der Waals surface area contributed by atoms with Crippen molar-refractivity contribution in [2.45, 2.75) is 45.1 Å². The average molecular weight is 431 g/mol. The summed E-state index contributed by atoms with van der Waals surface area (Å²) in [7, 11) is -3.50. The maximum absolute atomic E-state index is 12.6. The number of carbonyl (C=O) groups excluding carboxylic acids is 1. The first-order valence-corrected chi connectivity index (χ1v) is 12.3. The van der Waals surface area contributed by atoms with Gasteiger partial charge in [-0.25, -0.2) is 8.42 Å². The van der Waals surface area contributed by atoms with Gasteiger partial charge in [0.1, 0.15) is 5.75 Å². The van der Waals surface area contributed by atoms with E-state index < -0.39 is 10.0 Å². The molecule has 0 bridgehead atoms. The number of ether oxygens (including phenoxy) is 1. The minimum atomic E-state index is -3.50. The Morgan fingerprint density at radius 1 is 1.17 bits per heavy atom. The van der Waals surface area contributed by atoms with Crippen LogP contribution in [0.3, 0.4) is 0 Å². The Kier molecular flexibility index (Phi) is 7.37. The molecule has 2 aromatic rings. The number of anilines is 1. The minimum Gasteiger partial charge on any atom is -0.492 e. The number of amides is 1. The van der Waals surface area contributed by atoms with Crippen LogP contribution in [-0.4, -0.2) is 33.7 Å². The number of aryl methyl sites for hydroxylation is 1. The molecule has 1 atom stereocenters. The second-order valence-electron chi connectivity index (χ2n) is 7.55. The molecule has 0 saturated heterocycles. The van der Waals surface area contributed by atoms with Gasteiger partial charge in [0.25, 0.3) is 0 Å². The molecular formula is C23H30N2O4S. The number of carbonyl (C=O) groups is 1. The van der Waals surface area contributed by atoms with E-state index in [4.69, 9.17) is 4.74 Å². The highest BCUT2D eigenvalue weighted by atomic mass is 32.2. The van der Waals surface area contributed by atoms with Gasteiger partial charge in [-0.2, -0.15) is 0 Å². The standard InChI is InChI=1S/C23H30N2O4S/c1-3-29-22-15-7-6-14-21(22)25(30(2,27)28)17-9-16-23(26)24-20-13-8-11-18-10-4-5-12-19(18)20/h4-7,10,12,14-15,20H,3,8-9,11,13,16-17H2,1-2H3,(H,24,26). The Balaban J connectivity index is 1.62. The molecule has 1 unspecified atom stereocenters. The monoisotopic (exact) mass is 430 g/mol. The summed E-state index contributed by atoms with van der Waals surface area (Å²) in [6.45, 7) is 2.52. The van der Waals surface area contributed by atoms with Gasteiger partial charge in [-0.05, 0) is 55.9 Å². The van der Waals surface area contributed by atoms with Crippen molar-refractivity contribution in [3.8, 4) is 5.75 Å². The number of hydrogen-bond acceptors (Lipinski definition) is 4.